The fraction of sp³-hybridized carbons (Fsp3) is 0.333. The molecule has 0 aliphatic rings. The molecular formula is C15H18N4O. The Morgan fingerprint density at radius 2 is 2.30 bits per heavy atom. The molecule has 104 valence electrons. The zero-order valence-electron chi connectivity index (χ0n) is 11.5. The molecule has 0 aliphatic heterocycles. The van der Waals surface area contributed by atoms with Crippen molar-refractivity contribution in [2.75, 3.05) is 11.9 Å². The predicted octanol–water partition coefficient (Wildman–Crippen LogP) is 2.71. The van der Waals surface area contributed by atoms with Crippen LogP contribution in [0, 0.1) is 11.3 Å². The van der Waals surface area contributed by atoms with E-state index in [9.17, 15) is 0 Å². The van der Waals surface area contributed by atoms with Crippen molar-refractivity contribution in [3.8, 4) is 11.8 Å². The third kappa shape index (κ3) is 4.02. The van der Waals surface area contributed by atoms with Crippen LogP contribution >= 0.6 is 0 Å². The van der Waals surface area contributed by atoms with E-state index in [0.717, 1.165) is 23.6 Å². The minimum atomic E-state index is 0.526. The van der Waals surface area contributed by atoms with Crippen LogP contribution < -0.4 is 10.1 Å². The Morgan fingerprint density at radius 1 is 1.40 bits per heavy atom. The quantitative estimate of drug-likeness (QED) is 0.786. The number of nitrogens with zero attached hydrogens (tertiary/aromatic N) is 3. The van der Waals surface area contributed by atoms with E-state index in [1.165, 1.54) is 0 Å². The van der Waals surface area contributed by atoms with Gasteiger partial charge in [0.05, 0.1) is 24.9 Å². The molecule has 5 heteroatoms. The van der Waals surface area contributed by atoms with E-state index in [1.807, 2.05) is 42.1 Å². The number of anilines is 1. The van der Waals surface area contributed by atoms with Crippen LogP contribution in [0.1, 0.15) is 18.5 Å². The monoisotopic (exact) mass is 270 g/mol. The first kappa shape index (κ1) is 13.9. The highest BCUT2D eigenvalue weighted by Gasteiger charge is 2.00. The molecule has 0 fully saturated rings. The van der Waals surface area contributed by atoms with Crippen molar-refractivity contribution in [3.63, 3.8) is 0 Å². The lowest BCUT2D eigenvalue weighted by Gasteiger charge is -2.09. The first-order valence-corrected chi connectivity index (χ1v) is 6.60. The molecule has 0 aliphatic carbocycles. The van der Waals surface area contributed by atoms with Gasteiger partial charge in [0.15, 0.2) is 0 Å². The molecule has 1 aromatic heterocycles. The summed E-state index contributed by atoms with van der Waals surface area (Å²) in [6.45, 7) is 1.28. The molecule has 2 aromatic rings. The molecule has 0 amide bonds. The van der Waals surface area contributed by atoms with Crippen LogP contribution in [-0.2, 0) is 13.6 Å². The minimum Gasteiger partial charge on any atom is -0.493 e. The topological polar surface area (TPSA) is 62.9 Å². The molecule has 1 N–H and O–H groups in total. The number of ether oxygens (including phenoxy) is 1. The van der Waals surface area contributed by atoms with Crippen molar-refractivity contribution in [1.82, 2.24) is 9.78 Å². The summed E-state index contributed by atoms with van der Waals surface area (Å²) < 4.78 is 7.44. The Morgan fingerprint density at radius 3 is 3.05 bits per heavy atom. The maximum absolute atomic E-state index is 8.47. The second kappa shape index (κ2) is 7.19. The largest absolute Gasteiger partial charge is 0.493 e. The summed E-state index contributed by atoms with van der Waals surface area (Å²) in [4.78, 5) is 0. The number of benzene rings is 1. The normalized spacial score (nSPS) is 10.0. The third-order valence-electron chi connectivity index (χ3n) is 2.93. The van der Waals surface area contributed by atoms with Gasteiger partial charge in [0.1, 0.15) is 5.75 Å². The average molecular weight is 270 g/mol. The van der Waals surface area contributed by atoms with Gasteiger partial charge in [-0.25, -0.2) is 0 Å². The van der Waals surface area contributed by atoms with Gasteiger partial charge in [-0.3, -0.25) is 4.68 Å². The number of rotatable bonds is 7. The fourth-order valence-electron chi connectivity index (χ4n) is 1.80. The van der Waals surface area contributed by atoms with Gasteiger partial charge in [-0.2, -0.15) is 10.4 Å². The van der Waals surface area contributed by atoms with E-state index < -0.39 is 0 Å². The summed E-state index contributed by atoms with van der Waals surface area (Å²) in [5.74, 6) is 0.818. The number of nitrogens with one attached hydrogen (secondary N) is 1. The Labute approximate surface area is 118 Å². The van der Waals surface area contributed by atoms with E-state index in [0.29, 0.717) is 19.6 Å². The molecule has 0 bridgehead atoms. The minimum absolute atomic E-state index is 0.526. The van der Waals surface area contributed by atoms with Crippen molar-refractivity contribution in [3.05, 3.63) is 42.2 Å². The molecular weight excluding hydrogens is 252 g/mol. The Hall–Kier alpha value is -2.48. The molecule has 0 saturated carbocycles. The van der Waals surface area contributed by atoms with Gasteiger partial charge in [0, 0.05) is 31.4 Å². The van der Waals surface area contributed by atoms with Crippen LogP contribution in [0.4, 0.5) is 5.69 Å². The Kier molecular flexibility index (Phi) is 5.01. The van der Waals surface area contributed by atoms with E-state index in [-0.39, 0.29) is 0 Å². The second-order valence-electron chi connectivity index (χ2n) is 4.44. The molecule has 2 rings (SSSR count). The molecule has 0 saturated heterocycles. The van der Waals surface area contributed by atoms with Crippen LogP contribution in [0.5, 0.6) is 5.75 Å². The third-order valence-corrected chi connectivity index (χ3v) is 2.93. The van der Waals surface area contributed by atoms with E-state index in [4.69, 9.17) is 10.00 Å². The summed E-state index contributed by atoms with van der Waals surface area (Å²) in [5, 5.41) is 15.9. The van der Waals surface area contributed by atoms with Gasteiger partial charge in [-0.15, -0.1) is 0 Å². The predicted molar refractivity (Wildman–Crippen MR) is 77.3 cm³/mol. The molecule has 0 atom stereocenters. The standard InChI is InChI=1S/C15H18N4O/c1-19-14(7-9-18-19)12-17-13-5-4-6-15(11-13)20-10-3-2-8-16/h4-7,9,11,17H,2-3,10,12H2,1H3. The molecule has 0 radical (unpaired) electrons. The van der Waals surface area contributed by atoms with Crippen LogP contribution in [-0.4, -0.2) is 16.4 Å². The number of hydrogen-bond donors (Lipinski definition) is 1. The number of nitriles is 1. The zero-order valence-corrected chi connectivity index (χ0v) is 11.5. The average Bonchev–Trinajstić information content (AvgIpc) is 2.87. The van der Waals surface area contributed by atoms with Crippen molar-refractivity contribution in [1.29, 1.82) is 5.26 Å². The highest BCUT2D eigenvalue weighted by Crippen LogP contribution is 2.18. The number of aromatic nitrogens is 2. The van der Waals surface area contributed by atoms with E-state index in [1.54, 1.807) is 6.20 Å². The molecule has 5 nitrogen and oxygen atoms in total. The van der Waals surface area contributed by atoms with Crippen molar-refractivity contribution in [2.45, 2.75) is 19.4 Å². The van der Waals surface area contributed by atoms with Crippen molar-refractivity contribution >= 4 is 5.69 Å². The molecule has 1 heterocycles. The van der Waals surface area contributed by atoms with Crippen LogP contribution in [0.15, 0.2) is 36.5 Å². The summed E-state index contributed by atoms with van der Waals surface area (Å²) in [7, 11) is 1.92. The molecule has 0 unspecified atom stereocenters. The van der Waals surface area contributed by atoms with Crippen LogP contribution in [0.25, 0.3) is 0 Å². The van der Waals surface area contributed by atoms with Gasteiger partial charge >= 0.3 is 0 Å². The lowest BCUT2D eigenvalue weighted by molar-refractivity contribution is 0.313. The number of hydrogen-bond acceptors (Lipinski definition) is 4. The van der Waals surface area contributed by atoms with Crippen molar-refractivity contribution in [2.24, 2.45) is 7.05 Å². The van der Waals surface area contributed by atoms with E-state index >= 15 is 0 Å². The second-order valence-corrected chi connectivity index (χ2v) is 4.44. The Balaban J connectivity index is 1.86. The number of aryl methyl sites for hydroxylation is 1. The maximum atomic E-state index is 8.47. The fourth-order valence-corrected chi connectivity index (χ4v) is 1.80. The Bertz CT molecular complexity index is 586. The highest BCUT2D eigenvalue weighted by atomic mass is 16.5. The first-order valence-electron chi connectivity index (χ1n) is 6.60. The van der Waals surface area contributed by atoms with Crippen LogP contribution in [0.3, 0.4) is 0 Å². The van der Waals surface area contributed by atoms with Crippen molar-refractivity contribution < 1.29 is 4.74 Å². The summed E-state index contributed by atoms with van der Waals surface area (Å²) in [6, 6.07) is 11.9. The van der Waals surface area contributed by atoms with Gasteiger partial charge in [0.2, 0.25) is 0 Å². The summed E-state index contributed by atoms with van der Waals surface area (Å²) in [5.41, 5.74) is 2.12. The maximum Gasteiger partial charge on any atom is 0.121 e. The zero-order chi connectivity index (χ0) is 14.2. The lowest BCUT2D eigenvalue weighted by atomic mass is 10.3. The molecule has 20 heavy (non-hydrogen) atoms. The SMILES string of the molecule is Cn1nccc1CNc1cccc(OCCCC#N)c1. The number of unbranched alkanes of at least 4 members (excludes halogenated alkanes) is 1. The summed E-state index contributed by atoms with van der Waals surface area (Å²) in [6.07, 6.45) is 3.06. The first-order chi connectivity index (χ1) is 9.79. The van der Waals surface area contributed by atoms with E-state index in [2.05, 4.69) is 16.5 Å². The van der Waals surface area contributed by atoms with Gasteiger partial charge in [0.25, 0.3) is 0 Å². The summed E-state index contributed by atoms with van der Waals surface area (Å²) >= 11 is 0. The van der Waals surface area contributed by atoms with Crippen LogP contribution in [0.2, 0.25) is 0 Å². The molecule has 0 spiro atoms. The smallest absolute Gasteiger partial charge is 0.121 e. The van der Waals surface area contributed by atoms with Gasteiger partial charge in [-0.05, 0) is 24.6 Å². The highest BCUT2D eigenvalue weighted by molar-refractivity contribution is 5.48. The van der Waals surface area contributed by atoms with Gasteiger partial charge in [-0.1, -0.05) is 6.07 Å². The lowest BCUT2D eigenvalue weighted by Crippen LogP contribution is -2.05. The molecule has 1 aromatic carbocycles. The van der Waals surface area contributed by atoms with Gasteiger partial charge < -0.3 is 10.1 Å².